The third kappa shape index (κ3) is 4.28. The summed E-state index contributed by atoms with van der Waals surface area (Å²) < 4.78 is 28.3. The molecule has 0 aliphatic heterocycles. The Bertz CT molecular complexity index is 564. The van der Waals surface area contributed by atoms with Gasteiger partial charge >= 0.3 is 0 Å². The van der Waals surface area contributed by atoms with E-state index in [4.69, 9.17) is 0 Å². The van der Waals surface area contributed by atoms with Gasteiger partial charge in [0.05, 0.1) is 0 Å². The lowest BCUT2D eigenvalue weighted by Crippen LogP contribution is -2.41. The lowest BCUT2D eigenvalue weighted by atomic mass is 9.88. The van der Waals surface area contributed by atoms with Gasteiger partial charge in [0, 0.05) is 17.5 Å². The Morgan fingerprint density at radius 3 is 2.76 bits per heavy atom. The van der Waals surface area contributed by atoms with Crippen molar-refractivity contribution >= 4 is 21.4 Å². The van der Waals surface area contributed by atoms with Crippen LogP contribution in [0.5, 0.6) is 0 Å². The maximum absolute atomic E-state index is 12.5. The summed E-state index contributed by atoms with van der Waals surface area (Å²) in [6.07, 6.45) is 4.19. The van der Waals surface area contributed by atoms with Crippen molar-refractivity contribution in [1.82, 2.24) is 10.0 Å². The van der Waals surface area contributed by atoms with Crippen LogP contribution in [0.4, 0.5) is 0 Å². The standard InChI is InChI=1S/C15H26N2O2S2/c1-4-10-16-11-12-7-8-14(20-12)21(18,19)17-13-6-5-9-15(13,2)3/h7-8,13,16-17H,4-6,9-11H2,1-3H3. The summed E-state index contributed by atoms with van der Waals surface area (Å²) in [6, 6.07) is 3.67. The Morgan fingerprint density at radius 1 is 1.38 bits per heavy atom. The molecule has 1 aromatic heterocycles. The van der Waals surface area contributed by atoms with Gasteiger partial charge in [0.2, 0.25) is 10.0 Å². The molecule has 6 heteroatoms. The minimum Gasteiger partial charge on any atom is -0.312 e. The Kier molecular flexibility index (Phi) is 5.46. The van der Waals surface area contributed by atoms with E-state index >= 15 is 0 Å². The summed E-state index contributed by atoms with van der Waals surface area (Å²) in [5.41, 5.74) is 0.0514. The second-order valence-corrected chi connectivity index (χ2v) is 9.56. The zero-order valence-corrected chi connectivity index (χ0v) is 14.7. The lowest BCUT2D eigenvalue weighted by Gasteiger charge is -2.27. The fourth-order valence-corrected chi connectivity index (χ4v) is 5.56. The Hall–Kier alpha value is -0.430. The second kappa shape index (κ2) is 6.77. The first-order valence-corrected chi connectivity index (χ1v) is 9.97. The van der Waals surface area contributed by atoms with Crippen LogP contribution in [0, 0.1) is 5.41 Å². The maximum Gasteiger partial charge on any atom is 0.250 e. The molecule has 1 heterocycles. The molecule has 1 aliphatic rings. The van der Waals surface area contributed by atoms with Crippen LogP contribution in [-0.4, -0.2) is 21.0 Å². The van der Waals surface area contributed by atoms with Gasteiger partial charge in [0.15, 0.2) is 0 Å². The number of hydrogen-bond acceptors (Lipinski definition) is 4. The van der Waals surface area contributed by atoms with Gasteiger partial charge in [-0.1, -0.05) is 27.2 Å². The first kappa shape index (κ1) is 16.9. The molecule has 0 spiro atoms. The minimum absolute atomic E-state index is 0.0475. The van der Waals surface area contributed by atoms with E-state index in [1.807, 2.05) is 6.07 Å². The molecule has 1 saturated carbocycles. The average Bonchev–Trinajstić information content (AvgIpc) is 2.98. The Labute approximate surface area is 132 Å². The summed E-state index contributed by atoms with van der Waals surface area (Å²) in [5, 5.41) is 3.30. The van der Waals surface area contributed by atoms with E-state index in [0.29, 0.717) is 4.21 Å². The summed E-state index contributed by atoms with van der Waals surface area (Å²) in [7, 11) is -3.38. The molecule has 0 radical (unpaired) electrons. The summed E-state index contributed by atoms with van der Waals surface area (Å²) in [4.78, 5) is 1.06. The normalized spacial score (nSPS) is 21.8. The van der Waals surface area contributed by atoms with Gasteiger partial charge in [-0.15, -0.1) is 11.3 Å². The molecule has 2 N–H and O–H groups in total. The van der Waals surface area contributed by atoms with Crippen LogP contribution in [0.3, 0.4) is 0 Å². The molecule has 0 bridgehead atoms. The molecule has 120 valence electrons. The molecule has 1 unspecified atom stereocenters. The van der Waals surface area contributed by atoms with E-state index in [1.165, 1.54) is 11.3 Å². The third-order valence-corrected chi connectivity index (χ3v) is 7.23. The Morgan fingerprint density at radius 2 is 2.14 bits per heavy atom. The molecule has 4 nitrogen and oxygen atoms in total. The zero-order valence-electron chi connectivity index (χ0n) is 13.1. The van der Waals surface area contributed by atoms with Crippen LogP contribution in [0.1, 0.15) is 51.3 Å². The van der Waals surface area contributed by atoms with Gasteiger partial charge in [0.1, 0.15) is 4.21 Å². The molecule has 1 fully saturated rings. The van der Waals surface area contributed by atoms with E-state index in [-0.39, 0.29) is 11.5 Å². The van der Waals surface area contributed by atoms with E-state index in [0.717, 1.165) is 43.6 Å². The molecular weight excluding hydrogens is 304 g/mol. The molecule has 1 aromatic rings. The van der Waals surface area contributed by atoms with Crippen molar-refractivity contribution in [2.45, 2.75) is 63.3 Å². The van der Waals surface area contributed by atoms with E-state index in [9.17, 15) is 8.42 Å². The van der Waals surface area contributed by atoms with Crippen LogP contribution in [-0.2, 0) is 16.6 Å². The molecule has 2 rings (SSSR count). The van der Waals surface area contributed by atoms with Crippen molar-refractivity contribution in [2.75, 3.05) is 6.54 Å². The Balaban J connectivity index is 2.02. The summed E-state index contributed by atoms with van der Waals surface area (Å²) >= 11 is 1.36. The lowest BCUT2D eigenvalue weighted by molar-refractivity contribution is 0.313. The van der Waals surface area contributed by atoms with Crippen molar-refractivity contribution in [2.24, 2.45) is 5.41 Å². The smallest absolute Gasteiger partial charge is 0.250 e. The highest BCUT2D eigenvalue weighted by atomic mass is 32.2. The SMILES string of the molecule is CCCNCc1ccc(S(=O)(=O)NC2CCCC2(C)C)s1. The van der Waals surface area contributed by atoms with Gasteiger partial charge in [-0.3, -0.25) is 0 Å². The van der Waals surface area contributed by atoms with Gasteiger partial charge in [-0.2, -0.15) is 0 Å². The van der Waals surface area contributed by atoms with E-state index in [1.54, 1.807) is 6.07 Å². The van der Waals surface area contributed by atoms with Crippen molar-refractivity contribution < 1.29 is 8.42 Å². The number of rotatable bonds is 7. The first-order valence-electron chi connectivity index (χ1n) is 7.67. The zero-order chi connectivity index (χ0) is 15.5. The van der Waals surface area contributed by atoms with Gasteiger partial charge in [-0.05, 0) is 43.4 Å². The first-order chi connectivity index (χ1) is 9.85. The molecule has 0 amide bonds. The monoisotopic (exact) mass is 330 g/mol. The van der Waals surface area contributed by atoms with E-state index in [2.05, 4.69) is 30.8 Å². The summed E-state index contributed by atoms with van der Waals surface area (Å²) in [6.45, 7) is 8.09. The van der Waals surface area contributed by atoms with Crippen LogP contribution in [0.2, 0.25) is 0 Å². The molecule has 1 aliphatic carbocycles. The van der Waals surface area contributed by atoms with Gasteiger partial charge in [-0.25, -0.2) is 13.1 Å². The average molecular weight is 331 g/mol. The van der Waals surface area contributed by atoms with Crippen LogP contribution in [0.25, 0.3) is 0 Å². The fraction of sp³-hybridized carbons (Fsp3) is 0.733. The number of sulfonamides is 1. The van der Waals surface area contributed by atoms with Crippen molar-refractivity contribution in [1.29, 1.82) is 0 Å². The van der Waals surface area contributed by atoms with Crippen molar-refractivity contribution in [3.63, 3.8) is 0 Å². The fourth-order valence-electron chi connectivity index (χ4n) is 2.78. The van der Waals surface area contributed by atoms with Crippen molar-refractivity contribution in [3.05, 3.63) is 17.0 Å². The molecule has 1 atom stereocenters. The quantitative estimate of drug-likeness (QED) is 0.755. The highest BCUT2D eigenvalue weighted by Gasteiger charge is 2.37. The molecule has 0 saturated heterocycles. The topological polar surface area (TPSA) is 58.2 Å². The molecular formula is C15H26N2O2S2. The number of hydrogen-bond donors (Lipinski definition) is 2. The van der Waals surface area contributed by atoms with Crippen LogP contribution < -0.4 is 10.0 Å². The minimum atomic E-state index is -3.38. The van der Waals surface area contributed by atoms with E-state index < -0.39 is 10.0 Å². The number of thiophene rings is 1. The maximum atomic E-state index is 12.5. The second-order valence-electron chi connectivity index (χ2n) is 6.45. The summed E-state index contributed by atoms with van der Waals surface area (Å²) in [5.74, 6) is 0. The highest BCUT2D eigenvalue weighted by Crippen LogP contribution is 2.38. The van der Waals surface area contributed by atoms with Gasteiger partial charge < -0.3 is 5.32 Å². The number of nitrogens with one attached hydrogen (secondary N) is 2. The van der Waals surface area contributed by atoms with Crippen LogP contribution in [0.15, 0.2) is 16.3 Å². The largest absolute Gasteiger partial charge is 0.312 e. The molecule has 21 heavy (non-hydrogen) atoms. The molecule has 0 aromatic carbocycles. The predicted octanol–water partition coefficient (Wildman–Crippen LogP) is 3.10. The highest BCUT2D eigenvalue weighted by molar-refractivity contribution is 7.91. The van der Waals surface area contributed by atoms with Crippen LogP contribution >= 0.6 is 11.3 Å². The predicted molar refractivity (Wildman–Crippen MR) is 88.1 cm³/mol. The van der Waals surface area contributed by atoms with Gasteiger partial charge in [0.25, 0.3) is 0 Å². The third-order valence-electron chi connectivity index (χ3n) is 4.18. The van der Waals surface area contributed by atoms with Crippen molar-refractivity contribution in [3.8, 4) is 0 Å².